The van der Waals surface area contributed by atoms with E-state index in [1.807, 2.05) is 53.3 Å². The smallest absolute Gasteiger partial charge is 0.232 e. The molecule has 0 bridgehead atoms. The zero-order valence-corrected chi connectivity index (χ0v) is 17.4. The first-order valence-electron chi connectivity index (χ1n) is 9.33. The molecule has 2 aromatic rings. The van der Waals surface area contributed by atoms with E-state index in [1.54, 1.807) is 11.8 Å². The zero-order chi connectivity index (χ0) is 19.6. The maximum absolute atomic E-state index is 12.5. The number of thioether (sulfide) groups is 1. The van der Waals surface area contributed by atoms with Crippen LogP contribution in [0, 0.1) is 12.3 Å². The molecule has 27 heavy (non-hydrogen) atoms. The van der Waals surface area contributed by atoms with Crippen molar-refractivity contribution in [2.45, 2.75) is 33.4 Å². The molecule has 1 aliphatic rings. The van der Waals surface area contributed by atoms with Gasteiger partial charge in [0.25, 0.3) is 0 Å². The third-order valence-electron chi connectivity index (χ3n) is 4.69. The molecule has 2 amide bonds. The topological polar surface area (TPSA) is 57.9 Å². The normalized spacial score (nSPS) is 15.4. The summed E-state index contributed by atoms with van der Waals surface area (Å²) in [5, 5.41) is 0. The van der Waals surface area contributed by atoms with Crippen LogP contribution >= 0.6 is 11.8 Å². The molecule has 0 aromatic carbocycles. The minimum absolute atomic E-state index is 0.141. The lowest BCUT2D eigenvalue weighted by Gasteiger charge is -2.37. The van der Waals surface area contributed by atoms with Crippen molar-refractivity contribution in [3.05, 3.63) is 35.8 Å². The summed E-state index contributed by atoms with van der Waals surface area (Å²) in [4.78, 5) is 33.1. The molecule has 1 saturated heterocycles. The van der Waals surface area contributed by atoms with Crippen LogP contribution < -0.4 is 0 Å². The fourth-order valence-corrected chi connectivity index (χ4v) is 4.00. The van der Waals surface area contributed by atoms with Gasteiger partial charge in [0.05, 0.1) is 11.4 Å². The van der Waals surface area contributed by atoms with Gasteiger partial charge in [0.2, 0.25) is 11.8 Å². The summed E-state index contributed by atoms with van der Waals surface area (Å²) >= 11 is 1.59. The molecule has 1 fully saturated rings. The fraction of sp³-hybridized carbons (Fsp3) is 0.550. The van der Waals surface area contributed by atoms with Crippen molar-refractivity contribution < 1.29 is 9.59 Å². The minimum atomic E-state index is -0.366. The van der Waals surface area contributed by atoms with Crippen LogP contribution in [0.15, 0.2) is 24.5 Å². The first-order valence-corrected chi connectivity index (χ1v) is 10.5. The highest BCUT2D eigenvalue weighted by molar-refractivity contribution is 7.99. The second kappa shape index (κ2) is 7.92. The van der Waals surface area contributed by atoms with Crippen LogP contribution in [0.3, 0.4) is 0 Å². The lowest BCUT2D eigenvalue weighted by atomic mass is 9.94. The average Bonchev–Trinajstić information content (AvgIpc) is 3.02. The number of aromatic nitrogens is 2. The summed E-state index contributed by atoms with van der Waals surface area (Å²) in [5.41, 5.74) is 2.74. The molecular weight excluding hydrogens is 360 g/mol. The fourth-order valence-electron chi connectivity index (χ4n) is 3.19. The Morgan fingerprint density at radius 3 is 2.41 bits per heavy atom. The Balaban J connectivity index is 1.45. The Kier molecular flexibility index (Phi) is 5.79. The van der Waals surface area contributed by atoms with Crippen LogP contribution in [0.2, 0.25) is 0 Å². The Hall–Kier alpha value is -2.02. The summed E-state index contributed by atoms with van der Waals surface area (Å²) in [6.07, 6.45) is 4.08. The summed E-state index contributed by atoms with van der Waals surface area (Å²) < 4.78 is 2.03. The molecular formula is C20H28N4O2S. The molecule has 0 spiro atoms. The second-order valence-corrected chi connectivity index (χ2v) is 9.11. The lowest BCUT2D eigenvalue weighted by Crippen LogP contribution is -2.53. The quantitative estimate of drug-likeness (QED) is 0.808. The zero-order valence-electron chi connectivity index (χ0n) is 16.6. The van der Waals surface area contributed by atoms with Gasteiger partial charge in [-0.05, 0) is 18.6 Å². The van der Waals surface area contributed by atoms with Gasteiger partial charge in [0.15, 0.2) is 0 Å². The second-order valence-electron chi connectivity index (χ2n) is 8.12. The predicted molar refractivity (Wildman–Crippen MR) is 109 cm³/mol. The van der Waals surface area contributed by atoms with Crippen molar-refractivity contribution in [2.75, 3.05) is 31.9 Å². The Labute approximate surface area is 164 Å². The summed E-state index contributed by atoms with van der Waals surface area (Å²) in [7, 11) is 0. The van der Waals surface area contributed by atoms with Gasteiger partial charge in [-0.1, -0.05) is 26.8 Å². The van der Waals surface area contributed by atoms with Gasteiger partial charge in [-0.15, -0.1) is 11.8 Å². The molecule has 7 heteroatoms. The number of carbonyl (C=O) groups is 2. The molecule has 3 rings (SSSR count). The Bertz CT molecular complexity index is 832. The maximum atomic E-state index is 12.5. The molecule has 3 heterocycles. The number of pyridine rings is 1. The monoisotopic (exact) mass is 388 g/mol. The molecule has 0 saturated carbocycles. The molecule has 0 atom stereocenters. The number of rotatable bonds is 4. The van der Waals surface area contributed by atoms with Crippen LogP contribution in [0.5, 0.6) is 0 Å². The van der Waals surface area contributed by atoms with Crippen molar-refractivity contribution in [1.82, 2.24) is 19.2 Å². The van der Waals surface area contributed by atoms with E-state index < -0.39 is 0 Å². The third kappa shape index (κ3) is 4.83. The molecule has 0 radical (unpaired) electrons. The van der Waals surface area contributed by atoms with Crippen LogP contribution in [0.1, 0.15) is 32.0 Å². The van der Waals surface area contributed by atoms with Crippen LogP contribution in [0.4, 0.5) is 0 Å². The highest BCUT2D eigenvalue weighted by Gasteiger charge is 2.30. The number of hydrogen-bond acceptors (Lipinski definition) is 4. The number of aryl methyl sites for hydroxylation is 1. The average molecular weight is 389 g/mol. The van der Waals surface area contributed by atoms with Crippen LogP contribution in [-0.4, -0.2) is 62.9 Å². The number of hydrogen-bond donors (Lipinski definition) is 0. The van der Waals surface area contributed by atoms with Crippen molar-refractivity contribution in [3.63, 3.8) is 0 Å². The Morgan fingerprint density at radius 1 is 1.07 bits per heavy atom. The predicted octanol–water partition coefficient (Wildman–Crippen LogP) is 2.59. The van der Waals surface area contributed by atoms with Crippen molar-refractivity contribution in [3.8, 4) is 0 Å². The number of amides is 2. The van der Waals surface area contributed by atoms with Gasteiger partial charge in [0.1, 0.15) is 5.65 Å². The van der Waals surface area contributed by atoms with Gasteiger partial charge in [0, 0.05) is 49.7 Å². The van der Waals surface area contributed by atoms with E-state index in [0.29, 0.717) is 31.9 Å². The highest BCUT2D eigenvalue weighted by atomic mass is 32.2. The maximum Gasteiger partial charge on any atom is 0.232 e. The van der Waals surface area contributed by atoms with E-state index in [-0.39, 0.29) is 17.2 Å². The summed E-state index contributed by atoms with van der Waals surface area (Å²) in [6.45, 7) is 10.3. The molecule has 2 aromatic heterocycles. The van der Waals surface area contributed by atoms with Gasteiger partial charge in [-0.3, -0.25) is 9.59 Å². The molecule has 6 nitrogen and oxygen atoms in total. The Morgan fingerprint density at radius 2 is 1.74 bits per heavy atom. The molecule has 0 aliphatic carbocycles. The van der Waals surface area contributed by atoms with Gasteiger partial charge in [-0.25, -0.2) is 4.98 Å². The summed E-state index contributed by atoms with van der Waals surface area (Å²) in [6, 6.07) is 4.06. The first-order chi connectivity index (χ1) is 12.7. The van der Waals surface area contributed by atoms with Crippen LogP contribution in [-0.2, 0) is 15.3 Å². The number of piperazine rings is 1. The molecule has 1 aliphatic heterocycles. The highest BCUT2D eigenvalue weighted by Crippen LogP contribution is 2.19. The minimum Gasteiger partial charge on any atom is -0.339 e. The third-order valence-corrected chi connectivity index (χ3v) is 5.64. The van der Waals surface area contributed by atoms with E-state index >= 15 is 0 Å². The first kappa shape index (κ1) is 19.7. The SMILES string of the molecule is Cc1ccc2nc(CSCC(=O)N3CCN(C(=O)C(C)(C)C)CC3)cn2c1. The van der Waals surface area contributed by atoms with E-state index in [0.717, 1.165) is 17.1 Å². The molecule has 146 valence electrons. The van der Waals surface area contributed by atoms with Gasteiger partial charge >= 0.3 is 0 Å². The van der Waals surface area contributed by atoms with Crippen molar-refractivity contribution in [2.24, 2.45) is 5.41 Å². The standard InChI is InChI=1S/C20H28N4O2S/c1-15-5-6-17-21-16(12-24(17)11-15)13-27-14-18(25)22-7-9-23(10-8-22)19(26)20(2,3)4/h5-6,11-12H,7-10,13-14H2,1-4H3. The number of carbonyl (C=O) groups excluding carboxylic acids is 2. The number of nitrogens with zero attached hydrogens (tertiary/aromatic N) is 4. The lowest BCUT2D eigenvalue weighted by molar-refractivity contribution is -0.144. The van der Waals surface area contributed by atoms with E-state index in [1.165, 1.54) is 5.56 Å². The van der Waals surface area contributed by atoms with E-state index in [9.17, 15) is 9.59 Å². The van der Waals surface area contributed by atoms with Crippen molar-refractivity contribution >= 4 is 29.2 Å². The number of fused-ring (bicyclic) bond motifs is 1. The van der Waals surface area contributed by atoms with E-state index in [2.05, 4.69) is 18.1 Å². The van der Waals surface area contributed by atoms with E-state index in [4.69, 9.17) is 0 Å². The molecule has 0 N–H and O–H groups in total. The van der Waals surface area contributed by atoms with Crippen LogP contribution in [0.25, 0.3) is 5.65 Å². The number of imidazole rings is 1. The van der Waals surface area contributed by atoms with Gasteiger partial charge in [-0.2, -0.15) is 0 Å². The van der Waals surface area contributed by atoms with Crippen molar-refractivity contribution in [1.29, 1.82) is 0 Å². The van der Waals surface area contributed by atoms with Gasteiger partial charge < -0.3 is 14.2 Å². The largest absolute Gasteiger partial charge is 0.339 e. The molecule has 0 unspecified atom stereocenters. The summed E-state index contributed by atoms with van der Waals surface area (Å²) in [5.74, 6) is 1.46.